The Balaban J connectivity index is 0.000000541. The van der Waals surface area contributed by atoms with Crippen LogP contribution in [0.1, 0.15) is 54.8 Å². The lowest BCUT2D eigenvalue weighted by molar-refractivity contribution is -0.224. The average molecular weight is 689 g/mol. The maximum absolute atomic E-state index is 13.0. The van der Waals surface area contributed by atoms with Crippen LogP contribution in [0, 0.1) is 0 Å². The zero-order valence-corrected chi connectivity index (χ0v) is 27.7. The first-order valence-corrected chi connectivity index (χ1v) is 15.2. The molecule has 0 radical (unpaired) electrons. The van der Waals surface area contributed by atoms with E-state index in [0.717, 1.165) is 12.4 Å². The van der Waals surface area contributed by atoms with Crippen molar-refractivity contribution in [3.63, 3.8) is 0 Å². The van der Waals surface area contributed by atoms with Crippen LogP contribution in [0.4, 0.5) is 11.4 Å². The standard InChI is InChI=1S/C27H29N5O9.C7H7NO/c1-26(2)38-22(34)19(23(35)39-26)13-30-17-10-16(21(33)29-6-5-8-32-9-7-28-15-32)11-18(12-17)31-14-20-24(36)40-27(3,4)41-25(20)37;8-7(9)6-4-2-1-3-5-6/h7,9-15,30-31H,5-6,8H2,1-4H3,(H,29,33);1-5H,(H2,8,9). The van der Waals surface area contributed by atoms with E-state index in [0.29, 0.717) is 25.1 Å². The third kappa shape index (κ3) is 10.3. The van der Waals surface area contributed by atoms with E-state index in [9.17, 15) is 28.8 Å². The Morgan fingerprint density at radius 1 is 0.780 bits per heavy atom. The molecule has 262 valence electrons. The predicted molar refractivity (Wildman–Crippen MR) is 177 cm³/mol. The number of aromatic nitrogens is 2. The molecule has 2 aliphatic rings. The normalized spacial score (nSPS) is 15.9. The third-order valence-corrected chi connectivity index (χ3v) is 6.69. The van der Waals surface area contributed by atoms with Gasteiger partial charge in [-0.2, -0.15) is 0 Å². The molecule has 3 heterocycles. The molecule has 2 aliphatic heterocycles. The van der Waals surface area contributed by atoms with E-state index in [1.54, 1.807) is 36.8 Å². The van der Waals surface area contributed by atoms with Gasteiger partial charge in [0.2, 0.25) is 5.91 Å². The SMILES string of the molecule is CC1(C)OC(=O)C(=CNc2cc(NC=C3C(=O)OC(C)(C)OC3=O)cc(C(=O)NCCCn3ccnc3)c2)C(=O)O1.NC(=O)c1ccccc1. The Kier molecular flexibility index (Phi) is 11.4. The lowest BCUT2D eigenvalue weighted by Gasteiger charge is -2.29. The molecule has 16 heteroatoms. The van der Waals surface area contributed by atoms with E-state index < -0.39 is 41.4 Å². The molecule has 5 rings (SSSR count). The van der Waals surface area contributed by atoms with Crippen molar-refractivity contribution in [2.75, 3.05) is 17.2 Å². The summed E-state index contributed by atoms with van der Waals surface area (Å²) < 4.78 is 22.2. The molecule has 2 saturated heterocycles. The fourth-order valence-corrected chi connectivity index (χ4v) is 4.38. The summed E-state index contributed by atoms with van der Waals surface area (Å²) in [5, 5.41) is 8.40. The van der Waals surface area contributed by atoms with Crippen molar-refractivity contribution in [2.24, 2.45) is 5.73 Å². The van der Waals surface area contributed by atoms with E-state index in [1.165, 1.54) is 45.9 Å². The number of esters is 4. The number of imidazole rings is 1. The highest BCUT2D eigenvalue weighted by Crippen LogP contribution is 2.26. The van der Waals surface area contributed by atoms with Crippen LogP contribution in [0.5, 0.6) is 0 Å². The number of nitrogens with one attached hydrogen (secondary N) is 3. The highest BCUT2D eigenvalue weighted by Gasteiger charge is 2.40. The number of anilines is 2. The molecule has 0 spiro atoms. The number of ether oxygens (including phenoxy) is 4. The molecule has 1 aromatic heterocycles. The van der Waals surface area contributed by atoms with Crippen molar-refractivity contribution in [1.29, 1.82) is 0 Å². The summed E-state index contributed by atoms with van der Waals surface area (Å²) in [5.74, 6) is -7.13. The van der Waals surface area contributed by atoms with Gasteiger partial charge in [0, 0.05) is 88.1 Å². The number of hydrogen-bond donors (Lipinski definition) is 4. The molecular weight excluding hydrogens is 652 g/mol. The average Bonchev–Trinajstić information content (AvgIpc) is 3.55. The fourth-order valence-electron chi connectivity index (χ4n) is 4.38. The van der Waals surface area contributed by atoms with Crippen molar-refractivity contribution in [3.8, 4) is 0 Å². The summed E-state index contributed by atoms with van der Waals surface area (Å²) in [7, 11) is 0. The molecule has 16 nitrogen and oxygen atoms in total. The minimum absolute atomic E-state index is 0.196. The fraction of sp³-hybridized carbons (Fsp3) is 0.265. The Hall–Kier alpha value is -6.45. The summed E-state index contributed by atoms with van der Waals surface area (Å²) in [4.78, 5) is 76.5. The number of carbonyl (C=O) groups excluding carboxylic acids is 6. The van der Waals surface area contributed by atoms with Crippen LogP contribution in [0.15, 0.2) is 90.8 Å². The maximum atomic E-state index is 13.0. The molecule has 0 unspecified atom stereocenters. The quantitative estimate of drug-likeness (QED) is 0.104. The van der Waals surface area contributed by atoms with Crippen LogP contribution in [-0.4, -0.2) is 63.4 Å². The number of amides is 2. The number of primary amides is 1. The molecule has 3 aromatic rings. The first kappa shape index (κ1) is 36.4. The number of benzene rings is 2. The van der Waals surface area contributed by atoms with Gasteiger partial charge in [0.15, 0.2) is 11.1 Å². The van der Waals surface area contributed by atoms with Gasteiger partial charge in [-0.1, -0.05) is 18.2 Å². The second-order valence-corrected chi connectivity index (χ2v) is 11.7. The Bertz CT molecular complexity index is 1710. The van der Waals surface area contributed by atoms with Crippen LogP contribution >= 0.6 is 0 Å². The number of hydrogen-bond acceptors (Lipinski definition) is 13. The van der Waals surface area contributed by atoms with Crippen LogP contribution in [-0.2, 0) is 44.7 Å². The smallest absolute Gasteiger partial charge is 0.350 e. The highest BCUT2D eigenvalue weighted by atomic mass is 16.7. The van der Waals surface area contributed by atoms with E-state index in [4.69, 9.17) is 24.7 Å². The van der Waals surface area contributed by atoms with Gasteiger partial charge in [0.05, 0.1) is 6.33 Å². The minimum atomic E-state index is -1.40. The molecule has 2 fully saturated rings. The number of cyclic esters (lactones) is 4. The van der Waals surface area contributed by atoms with Crippen molar-refractivity contribution in [2.45, 2.75) is 52.2 Å². The molecule has 50 heavy (non-hydrogen) atoms. The zero-order valence-electron chi connectivity index (χ0n) is 27.7. The van der Waals surface area contributed by atoms with E-state index in [1.807, 2.05) is 16.8 Å². The van der Waals surface area contributed by atoms with Gasteiger partial charge in [-0.3, -0.25) is 9.59 Å². The van der Waals surface area contributed by atoms with Crippen LogP contribution in [0.2, 0.25) is 0 Å². The Labute approximate surface area is 286 Å². The lowest BCUT2D eigenvalue weighted by Crippen LogP contribution is -2.42. The monoisotopic (exact) mass is 688 g/mol. The van der Waals surface area contributed by atoms with Crippen molar-refractivity contribution in [3.05, 3.63) is 102 Å². The van der Waals surface area contributed by atoms with Crippen molar-refractivity contribution in [1.82, 2.24) is 14.9 Å². The number of rotatable bonds is 10. The van der Waals surface area contributed by atoms with Gasteiger partial charge in [-0.05, 0) is 36.8 Å². The van der Waals surface area contributed by atoms with Gasteiger partial charge in [-0.15, -0.1) is 0 Å². The third-order valence-electron chi connectivity index (χ3n) is 6.69. The Morgan fingerprint density at radius 2 is 1.28 bits per heavy atom. The zero-order chi connectivity index (χ0) is 36.5. The highest BCUT2D eigenvalue weighted by molar-refractivity contribution is 6.16. The second kappa shape index (κ2) is 15.6. The predicted octanol–water partition coefficient (Wildman–Crippen LogP) is 2.75. The number of aryl methyl sites for hydroxylation is 1. The summed E-state index contributed by atoms with van der Waals surface area (Å²) in [6.45, 7) is 6.73. The molecule has 2 amide bonds. The lowest BCUT2D eigenvalue weighted by atomic mass is 10.1. The summed E-state index contributed by atoms with van der Waals surface area (Å²) in [5.41, 5.74) is 5.52. The van der Waals surface area contributed by atoms with Crippen LogP contribution in [0.3, 0.4) is 0 Å². The minimum Gasteiger partial charge on any atom is -0.419 e. The van der Waals surface area contributed by atoms with Gasteiger partial charge >= 0.3 is 23.9 Å². The molecule has 0 saturated carbocycles. The van der Waals surface area contributed by atoms with E-state index >= 15 is 0 Å². The molecule has 5 N–H and O–H groups in total. The molecule has 2 aromatic carbocycles. The van der Waals surface area contributed by atoms with Crippen molar-refractivity contribution < 1.29 is 47.7 Å². The van der Waals surface area contributed by atoms with E-state index in [2.05, 4.69) is 20.9 Å². The number of nitrogens with two attached hydrogens (primary N) is 1. The summed E-state index contributed by atoms with van der Waals surface area (Å²) >= 11 is 0. The largest absolute Gasteiger partial charge is 0.419 e. The molecular formula is C34H36N6O10. The van der Waals surface area contributed by atoms with Crippen LogP contribution in [0.25, 0.3) is 0 Å². The first-order valence-electron chi connectivity index (χ1n) is 15.2. The van der Waals surface area contributed by atoms with Gasteiger partial charge in [0.1, 0.15) is 0 Å². The van der Waals surface area contributed by atoms with Gasteiger partial charge in [0.25, 0.3) is 17.5 Å². The second-order valence-electron chi connectivity index (χ2n) is 11.7. The molecule has 0 bridgehead atoms. The maximum Gasteiger partial charge on any atom is 0.350 e. The van der Waals surface area contributed by atoms with Gasteiger partial charge < -0.3 is 45.2 Å². The topological polar surface area (TPSA) is 219 Å². The Morgan fingerprint density at radius 3 is 1.70 bits per heavy atom. The van der Waals surface area contributed by atoms with Crippen molar-refractivity contribution >= 4 is 47.1 Å². The molecule has 0 aliphatic carbocycles. The molecule has 0 atom stereocenters. The number of carbonyl (C=O) groups is 6. The van der Waals surface area contributed by atoms with Crippen LogP contribution < -0.4 is 21.7 Å². The van der Waals surface area contributed by atoms with E-state index in [-0.39, 0.29) is 34.0 Å². The number of nitrogens with zero attached hydrogens (tertiary/aromatic N) is 2. The van der Waals surface area contributed by atoms with Gasteiger partial charge in [-0.25, -0.2) is 24.2 Å². The summed E-state index contributed by atoms with van der Waals surface area (Å²) in [6.07, 6.45) is 8.00. The first-order chi connectivity index (χ1) is 23.6. The summed E-state index contributed by atoms with van der Waals surface area (Å²) in [6, 6.07) is 13.2.